The van der Waals surface area contributed by atoms with Crippen LogP contribution < -0.4 is 10.1 Å². The number of aliphatic imine (C=N–C) groups is 1. The van der Waals surface area contributed by atoms with E-state index in [1.165, 1.54) is 10.9 Å². The third-order valence-electron chi connectivity index (χ3n) is 3.08. The van der Waals surface area contributed by atoms with Gasteiger partial charge in [-0.25, -0.2) is 0 Å². The maximum absolute atomic E-state index is 5.26. The molecular weight excluding hydrogens is 214 g/mol. The molecule has 1 aromatic carbocycles. The fourth-order valence-electron chi connectivity index (χ4n) is 2.18. The first-order chi connectivity index (χ1) is 8.36. The average molecular weight is 229 g/mol. The second kappa shape index (κ2) is 4.13. The lowest BCUT2D eigenvalue weighted by atomic mass is 10.1. The van der Waals surface area contributed by atoms with Crippen molar-refractivity contribution in [1.29, 1.82) is 0 Å². The van der Waals surface area contributed by atoms with E-state index in [4.69, 9.17) is 4.74 Å². The Labute approximate surface area is 99.7 Å². The third-order valence-corrected chi connectivity index (χ3v) is 3.08. The highest BCUT2D eigenvalue weighted by molar-refractivity contribution is 5.92. The van der Waals surface area contributed by atoms with Crippen molar-refractivity contribution >= 4 is 16.7 Å². The van der Waals surface area contributed by atoms with Crippen molar-refractivity contribution in [2.45, 2.75) is 6.42 Å². The average Bonchev–Trinajstić information content (AvgIpc) is 2.99. The first-order valence-electron chi connectivity index (χ1n) is 5.78. The van der Waals surface area contributed by atoms with Crippen LogP contribution in [0.15, 0.2) is 29.4 Å². The Morgan fingerprint density at radius 3 is 3.12 bits per heavy atom. The largest absolute Gasteiger partial charge is 0.497 e. The van der Waals surface area contributed by atoms with Crippen LogP contribution >= 0.6 is 0 Å². The summed E-state index contributed by atoms with van der Waals surface area (Å²) in [5.74, 6) is 1.97. The zero-order chi connectivity index (χ0) is 11.7. The molecule has 1 aliphatic rings. The minimum atomic E-state index is 0.854. The molecule has 1 aromatic heterocycles. The van der Waals surface area contributed by atoms with E-state index >= 15 is 0 Å². The Bertz CT molecular complexity index is 571. The van der Waals surface area contributed by atoms with Gasteiger partial charge in [-0.15, -0.1) is 0 Å². The molecule has 4 heteroatoms. The second-order valence-electron chi connectivity index (χ2n) is 4.16. The molecule has 0 fully saturated rings. The van der Waals surface area contributed by atoms with Gasteiger partial charge in [0.15, 0.2) is 0 Å². The number of ether oxygens (including phenoxy) is 1. The van der Waals surface area contributed by atoms with Crippen LogP contribution in [0, 0.1) is 0 Å². The molecular formula is C13H15N3O. The molecule has 0 amide bonds. The normalized spacial score (nSPS) is 14.8. The van der Waals surface area contributed by atoms with Gasteiger partial charge in [0.05, 0.1) is 13.7 Å². The van der Waals surface area contributed by atoms with Crippen LogP contribution in [0.1, 0.15) is 5.56 Å². The molecule has 88 valence electrons. The van der Waals surface area contributed by atoms with E-state index in [2.05, 4.69) is 21.4 Å². The summed E-state index contributed by atoms with van der Waals surface area (Å²) in [6.45, 7) is 1.85. The minimum Gasteiger partial charge on any atom is -0.497 e. The number of amidine groups is 1. The van der Waals surface area contributed by atoms with Crippen LogP contribution in [0.5, 0.6) is 5.75 Å². The summed E-state index contributed by atoms with van der Waals surface area (Å²) in [6, 6.07) is 6.08. The van der Waals surface area contributed by atoms with Gasteiger partial charge in [0.25, 0.3) is 0 Å². The van der Waals surface area contributed by atoms with Crippen molar-refractivity contribution in [1.82, 2.24) is 10.3 Å². The quantitative estimate of drug-likeness (QED) is 0.842. The number of fused-ring (bicyclic) bond motifs is 1. The smallest absolute Gasteiger partial charge is 0.119 e. The summed E-state index contributed by atoms with van der Waals surface area (Å²) >= 11 is 0. The molecule has 0 saturated carbocycles. The molecule has 0 aliphatic carbocycles. The Balaban J connectivity index is 1.98. The van der Waals surface area contributed by atoms with Gasteiger partial charge in [-0.2, -0.15) is 0 Å². The van der Waals surface area contributed by atoms with E-state index in [9.17, 15) is 0 Å². The molecule has 2 aromatic rings. The van der Waals surface area contributed by atoms with Crippen molar-refractivity contribution < 1.29 is 4.74 Å². The van der Waals surface area contributed by atoms with Gasteiger partial charge in [-0.1, -0.05) is 0 Å². The molecule has 1 aliphatic heterocycles. The monoisotopic (exact) mass is 229 g/mol. The summed E-state index contributed by atoms with van der Waals surface area (Å²) in [5, 5.41) is 4.50. The van der Waals surface area contributed by atoms with Gasteiger partial charge in [0, 0.05) is 30.1 Å². The van der Waals surface area contributed by atoms with Gasteiger partial charge in [-0.05, 0) is 23.8 Å². The number of hydrogen-bond acceptors (Lipinski definition) is 3. The Hall–Kier alpha value is -1.97. The summed E-state index contributed by atoms with van der Waals surface area (Å²) in [5.41, 5.74) is 2.39. The number of H-pyrrole nitrogens is 1. The number of benzene rings is 1. The molecule has 3 rings (SSSR count). The number of rotatable bonds is 3. The number of hydrogen-bond donors (Lipinski definition) is 2. The molecule has 0 spiro atoms. The molecule has 0 saturated heterocycles. The highest BCUT2D eigenvalue weighted by Crippen LogP contribution is 2.24. The molecule has 0 atom stereocenters. The Morgan fingerprint density at radius 2 is 2.35 bits per heavy atom. The fourth-order valence-corrected chi connectivity index (χ4v) is 2.18. The van der Waals surface area contributed by atoms with Crippen molar-refractivity contribution in [2.75, 3.05) is 20.2 Å². The molecule has 17 heavy (non-hydrogen) atoms. The third kappa shape index (κ3) is 1.86. The SMILES string of the molecule is COc1ccc2[nH]cc(CC3=NCCN3)c2c1. The predicted molar refractivity (Wildman–Crippen MR) is 68.9 cm³/mol. The topological polar surface area (TPSA) is 49.4 Å². The maximum atomic E-state index is 5.26. The summed E-state index contributed by atoms with van der Waals surface area (Å²) in [7, 11) is 1.69. The first-order valence-corrected chi connectivity index (χ1v) is 5.78. The van der Waals surface area contributed by atoms with E-state index in [-0.39, 0.29) is 0 Å². The lowest BCUT2D eigenvalue weighted by Crippen LogP contribution is -2.20. The summed E-state index contributed by atoms with van der Waals surface area (Å²) in [6.07, 6.45) is 2.90. The van der Waals surface area contributed by atoms with E-state index in [1.54, 1.807) is 7.11 Å². The number of methoxy groups -OCH3 is 1. The predicted octanol–water partition coefficient (Wildman–Crippen LogP) is 1.72. The van der Waals surface area contributed by atoms with E-state index in [1.807, 2.05) is 18.3 Å². The van der Waals surface area contributed by atoms with Gasteiger partial charge >= 0.3 is 0 Å². The number of aromatic nitrogens is 1. The van der Waals surface area contributed by atoms with Crippen molar-refractivity contribution in [3.63, 3.8) is 0 Å². The van der Waals surface area contributed by atoms with Crippen LogP contribution in [0.4, 0.5) is 0 Å². The van der Waals surface area contributed by atoms with Gasteiger partial charge < -0.3 is 15.0 Å². The van der Waals surface area contributed by atoms with E-state index in [0.717, 1.165) is 36.6 Å². The molecule has 2 heterocycles. The Kier molecular flexibility index (Phi) is 2.48. The molecule has 0 unspecified atom stereocenters. The number of nitrogens with zero attached hydrogens (tertiary/aromatic N) is 1. The van der Waals surface area contributed by atoms with Gasteiger partial charge in [0.1, 0.15) is 11.6 Å². The lowest BCUT2D eigenvalue weighted by molar-refractivity contribution is 0.415. The van der Waals surface area contributed by atoms with Gasteiger partial charge in [0.2, 0.25) is 0 Å². The van der Waals surface area contributed by atoms with Crippen LogP contribution in [-0.4, -0.2) is 31.0 Å². The first kappa shape index (κ1) is 10.2. The highest BCUT2D eigenvalue weighted by Gasteiger charge is 2.10. The zero-order valence-electron chi connectivity index (χ0n) is 9.79. The van der Waals surface area contributed by atoms with Crippen molar-refractivity contribution in [2.24, 2.45) is 4.99 Å². The van der Waals surface area contributed by atoms with E-state index in [0.29, 0.717) is 0 Å². The highest BCUT2D eigenvalue weighted by atomic mass is 16.5. The number of aromatic amines is 1. The molecule has 0 bridgehead atoms. The van der Waals surface area contributed by atoms with Crippen molar-refractivity contribution in [3.05, 3.63) is 30.0 Å². The summed E-state index contributed by atoms with van der Waals surface area (Å²) in [4.78, 5) is 7.70. The Morgan fingerprint density at radius 1 is 1.41 bits per heavy atom. The lowest BCUT2D eigenvalue weighted by Gasteiger charge is -2.03. The van der Waals surface area contributed by atoms with Gasteiger partial charge in [-0.3, -0.25) is 4.99 Å². The second-order valence-corrected chi connectivity index (χ2v) is 4.16. The molecule has 0 radical (unpaired) electrons. The maximum Gasteiger partial charge on any atom is 0.119 e. The minimum absolute atomic E-state index is 0.854. The van der Waals surface area contributed by atoms with Crippen LogP contribution in [-0.2, 0) is 6.42 Å². The fraction of sp³-hybridized carbons (Fsp3) is 0.308. The summed E-state index contributed by atoms with van der Waals surface area (Å²) < 4.78 is 5.26. The molecule has 4 nitrogen and oxygen atoms in total. The zero-order valence-corrected chi connectivity index (χ0v) is 9.79. The van der Waals surface area contributed by atoms with Crippen molar-refractivity contribution in [3.8, 4) is 5.75 Å². The van der Waals surface area contributed by atoms with Crippen LogP contribution in [0.2, 0.25) is 0 Å². The van der Waals surface area contributed by atoms with Crippen LogP contribution in [0.3, 0.4) is 0 Å². The molecule has 2 N–H and O–H groups in total. The van der Waals surface area contributed by atoms with Crippen LogP contribution in [0.25, 0.3) is 10.9 Å². The van der Waals surface area contributed by atoms with E-state index < -0.39 is 0 Å². The standard InChI is InChI=1S/C13H15N3O/c1-17-10-2-3-12-11(7-10)9(8-16-12)6-13-14-4-5-15-13/h2-3,7-8,16H,4-6H2,1H3,(H,14,15). The number of nitrogens with one attached hydrogen (secondary N) is 2.